The smallest absolute Gasteiger partial charge is 0.254 e. The predicted octanol–water partition coefficient (Wildman–Crippen LogP) is 1.87. The molecule has 0 saturated carbocycles. The van der Waals surface area contributed by atoms with Crippen LogP contribution in [0.2, 0.25) is 0 Å². The fraction of sp³-hybridized carbons (Fsp3) is 0.368. The SMILES string of the molecule is Cc1cc(NC(=O)C2CCN(C(=O)CNC(=O)c3ccc(F)cc3F)CC2)no1. The van der Waals surface area contributed by atoms with Gasteiger partial charge in [0, 0.05) is 31.1 Å². The third-order valence-corrected chi connectivity index (χ3v) is 4.67. The molecular formula is C19H20F2N4O4. The van der Waals surface area contributed by atoms with Crippen molar-refractivity contribution in [3.05, 3.63) is 47.2 Å². The van der Waals surface area contributed by atoms with Gasteiger partial charge in [-0.25, -0.2) is 8.78 Å². The van der Waals surface area contributed by atoms with E-state index in [1.54, 1.807) is 13.0 Å². The molecule has 1 aromatic carbocycles. The monoisotopic (exact) mass is 406 g/mol. The van der Waals surface area contributed by atoms with Crippen molar-refractivity contribution in [2.75, 3.05) is 25.0 Å². The van der Waals surface area contributed by atoms with Crippen molar-refractivity contribution >= 4 is 23.5 Å². The number of benzene rings is 1. The lowest BCUT2D eigenvalue weighted by molar-refractivity contribution is -0.133. The van der Waals surface area contributed by atoms with Crippen molar-refractivity contribution in [2.45, 2.75) is 19.8 Å². The summed E-state index contributed by atoms with van der Waals surface area (Å²) in [6.07, 6.45) is 0.934. The van der Waals surface area contributed by atoms with Gasteiger partial charge in [0.2, 0.25) is 11.8 Å². The number of hydrogen-bond acceptors (Lipinski definition) is 5. The van der Waals surface area contributed by atoms with Gasteiger partial charge in [-0.15, -0.1) is 0 Å². The zero-order valence-corrected chi connectivity index (χ0v) is 15.7. The van der Waals surface area contributed by atoms with Crippen molar-refractivity contribution in [1.82, 2.24) is 15.4 Å². The van der Waals surface area contributed by atoms with Crippen LogP contribution in [0.3, 0.4) is 0 Å². The zero-order chi connectivity index (χ0) is 21.0. The first-order valence-electron chi connectivity index (χ1n) is 9.08. The Morgan fingerprint density at radius 1 is 1.21 bits per heavy atom. The summed E-state index contributed by atoms with van der Waals surface area (Å²) in [6.45, 7) is 2.12. The Kier molecular flexibility index (Phi) is 6.20. The lowest BCUT2D eigenvalue weighted by Crippen LogP contribution is -2.45. The maximum absolute atomic E-state index is 13.6. The van der Waals surface area contributed by atoms with Gasteiger partial charge in [-0.1, -0.05) is 5.16 Å². The van der Waals surface area contributed by atoms with Gasteiger partial charge >= 0.3 is 0 Å². The molecule has 1 aromatic heterocycles. The van der Waals surface area contributed by atoms with E-state index in [2.05, 4.69) is 15.8 Å². The number of anilines is 1. The number of amides is 3. The molecule has 0 spiro atoms. The highest BCUT2D eigenvalue weighted by Gasteiger charge is 2.28. The minimum Gasteiger partial charge on any atom is -0.360 e. The van der Waals surface area contributed by atoms with Gasteiger partial charge in [-0.2, -0.15) is 0 Å². The van der Waals surface area contributed by atoms with Crippen LogP contribution in [0.15, 0.2) is 28.8 Å². The molecular weight excluding hydrogens is 386 g/mol. The van der Waals surface area contributed by atoms with Gasteiger partial charge < -0.3 is 20.1 Å². The predicted molar refractivity (Wildman–Crippen MR) is 97.9 cm³/mol. The molecule has 8 nitrogen and oxygen atoms in total. The van der Waals surface area contributed by atoms with Crippen LogP contribution in [0, 0.1) is 24.5 Å². The molecule has 3 amide bonds. The second-order valence-electron chi connectivity index (χ2n) is 6.77. The molecule has 1 fully saturated rings. The largest absolute Gasteiger partial charge is 0.360 e. The summed E-state index contributed by atoms with van der Waals surface area (Å²) in [4.78, 5) is 38.0. The number of likely N-dealkylation sites (tertiary alicyclic amines) is 1. The molecule has 1 saturated heterocycles. The van der Waals surface area contributed by atoms with Crippen molar-refractivity contribution in [1.29, 1.82) is 0 Å². The average Bonchev–Trinajstić information content (AvgIpc) is 3.10. The maximum atomic E-state index is 13.6. The maximum Gasteiger partial charge on any atom is 0.254 e. The Bertz CT molecular complexity index is 923. The number of halogens is 2. The third-order valence-electron chi connectivity index (χ3n) is 4.67. The minimum atomic E-state index is -0.996. The highest BCUT2D eigenvalue weighted by molar-refractivity contribution is 5.96. The second-order valence-corrected chi connectivity index (χ2v) is 6.77. The topological polar surface area (TPSA) is 105 Å². The molecule has 29 heavy (non-hydrogen) atoms. The van der Waals surface area contributed by atoms with Gasteiger partial charge in [0.1, 0.15) is 17.4 Å². The number of carbonyl (C=O) groups is 3. The second kappa shape index (κ2) is 8.80. The number of hydrogen-bond donors (Lipinski definition) is 2. The molecule has 0 unspecified atom stereocenters. The highest BCUT2D eigenvalue weighted by atomic mass is 19.1. The molecule has 1 aliphatic rings. The summed E-state index contributed by atoms with van der Waals surface area (Å²) in [7, 11) is 0. The summed E-state index contributed by atoms with van der Waals surface area (Å²) < 4.78 is 31.4. The minimum absolute atomic E-state index is 0.189. The van der Waals surface area contributed by atoms with E-state index in [4.69, 9.17) is 4.52 Å². The summed E-state index contributed by atoms with van der Waals surface area (Å²) in [6, 6.07) is 4.21. The molecule has 1 aliphatic heterocycles. The van der Waals surface area contributed by atoms with Gasteiger partial charge in [-0.3, -0.25) is 14.4 Å². The van der Waals surface area contributed by atoms with Crippen molar-refractivity contribution in [3.8, 4) is 0 Å². The molecule has 2 aromatic rings. The molecule has 10 heteroatoms. The number of carbonyl (C=O) groups excluding carboxylic acids is 3. The summed E-state index contributed by atoms with van der Waals surface area (Å²) in [5, 5.41) is 8.72. The van der Waals surface area contributed by atoms with Crippen LogP contribution < -0.4 is 10.6 Å². The summed E-state index contributed by atoms with van der Waals surface area (Å²) in [5.41, 5.74) is -0.335. The summed E-state index contributed by atoms with van der Waals surface area (Å²) in [5.74, 6) is -2.45. The lowest BCUT2D eigenvalue weighted by atomic mass is 9.96. The number of nitrogens with one attached hydrogen (secondary N) is 2. The van der Waals surface area contributed by atoms with E-state index in [0.29, 0.717) is 43.6 Å². The van der Waals surface area contributed by atoms with Gasteiger partial charge in [0.25, 0.3) is 5.91 Å². The fourth-order valence-corrected chi connectivity index (χ4v) is 3.08. The number of aryl methyl sites for hydroxylation is 1. The molecule has 0 atom stereocenters. The first-order valence-corrected chi connectivity index (χ1v) is 9.08. The Labute approximate surface area is 165 Å². The standard InChI is InChI=1S/C19H20F2N4O4/c1-11-8-16(24-29-11)23-18(27)12-4-6-25(7-5-12)17(26)10-22-19(28)14-3-2-13(20)9-15(14)21/h2-3,8-9,12H,4-7,10H2,1H3,(H,22,28)(H,23,24,27). The van der Waals surface area contributed by atoms with E-state index in [0.717, 1.165) is 12.1 Å². The van der Waals surface area contributed by atoms with Crippen LogP contribution in [-0.2, 0) is 9.59 Å². The van der Waals surface area contributed by atoms with Crippen LogP contribution in [0.5, 0.6) is 0 Å². The quantitative estimate of drug-likeness (QED) is 0.789. The van der Waals surface area contributed by atoms with Crippen LogP contribution in [0.4, 0.5) is 14.6 Å². The Hall–Kier alpha value is -3.30. The molecule has 0 radical (unpaired) electrons. The Morgan fingerprint density at radius 3 is 2.55 bits per heavy atom. The van der Waals surface area contributed by atoms with E-state index >= 15 is 0 Å². The molecule has 2 heterocycles. The molecule has 0 aliphatic carbocycles. The highest BCUT2D eigenvalue weighted by Crippen LogP contribution is 2.19. The van der Waals surface area contributed by atoms with Gasteiger partial charge in [0.15, 0.2) is 5.82 Å². The molecule has 0 bridgehead atoms. The Balaban J connectivity index is 1.44. The van der Waals surface area contributed by atoms with Crippen molar-refractivity contribution < 1.29 is 27.7 Å². The fourth-order valence-electron chi connectivity index (χ4n) is 3.08. The lowest BCUT2D eigenvalue weighted by Gasteiger charge is -2.31. The van der Waals surface area contributed by atoms with Crippen LogP contribution in [0.1, 0.15) is 29.0 Å². The average molecular weight is 406 g/mol. The number of piperidine rings is 1. The van der Waals surface area contributed by atoms with Gasteiger partial charge in [0.05, 0.1) is 12.1 Å². The number of aromatic nitrogens is 1. The van der Waals surface area contributed by atoms with E-state index < -0.39 is 17.5 Å². The first-order chi connectivity index (χ1) is 13.8. The van der Waals surface area contributed by atoms with E-state index in [1.165, 1.54) is 4.90 Å². The third kappa shape index (κ3) is 5.15. The van der Waals surface area contributed by atoms with Crippen LogP contribution >= 0.6 is 0 Å². The van der Waals surface area contributed by atoms with E-state index in [9.17, 15) is 23.2 Å². The first kappa shape index (κ1) is 20.4. The Morgan fingerprint density at radius 2 is 1.93 bits per heavy atom. The van der Waals surface area contributed by atoms with E-state index in [-0.39, 0.29) is 29.8 Å². The number of rotatable bonds is 5. The normalized spacial score (nSPS) is 14.5. The molecule has 3 rings (SSSR count). The van der Waals surface area contributed by atoms with Crippen LogP contribution in [-0.4, -0.2) is 47.4 Å². The molecule has 154 valence electrons. The van der Waals surface area contributed by atoms with Crippen molar-refractivity contribution in [2.24, 2.45) is 5.92 Å². The molecule has 2 N–H and O–H groups in total. The zero-order valence-electron chi connectivity index (χ0n) is 15.7. The number of nitrogens with zero attached hydrogens (tertiary/aromatic N) is 2. The van der Waals surface area contributed by atoms with Crippen LogP contribution in [0.25, 0.3) is 0 Å². The van der Waals surface area contributed by atoms with Gasteiger partial charge in [-0.05, 0) is 31.9 Å². The summed E-state index contributed by atoms with van der Waals surface area (Å²) >= 11 is 0. The van der Waals surface area contributed by atoms with Crippen molar-refractivity contribution in [3.63, 3.8) is 0 Å². The van der Waals surface area contributed by atoms with E-state index in [1.807, 2.05) is 0 Å².